The Morgan fingerprint density at radius 3 is 2.40 bits per heavy atom. The van der Waals surface area contributed by atoms with E-state index in [9.17, 15) is 24.5 Å². The summed E-state index contributed by atoms with van der Waals surface area (Å²) >= 11 is 0. The summed E-state index contributed by atoms with van der Waals surface area (Å²) in [5, 5.41) is 13.6. The van der Waals surface area contributed by atoms with Crippen molar-refractivity contribution in [2.24, 2.45) is 11.7 Å². The summed E-state index contributed by atoms with van der Waals surface area (Å²) in [5.74, 6) is -0.508. The van der Waals surface area contributed by atoms with Gasteiger partial charge < -0.3 is 25.4 Å². The monoisotopic (exact) mass is 486 g/mol. The number of rotatable bonds is 8. The number of nitrogens with two attached hydrogens (primary N) is 1. The molecule has 0 aliphatic carbocycles. The number of nitro benzene ring substituents is 1. The standard InChI is InChI=1S/C16H21N3O5.C8H9NO2/c1-24-15(20)5-8-17-16(21)12-6-9-18(10-7-12)13-3-2-4-14(11-13)19(22)23;9-8(10)11-6-7-4-2-1-3-5-7/h2-4,11-12H,5-10H2,1H3,(H,17,21);1-5H,6H2,(H2,9,10). The number of primary amides is 1. The molecule has 1 saturated heterocycles. The van der Waals surface area contributed by atoms with Crippen LogP contribution in [0.1, 0.15) is 24.8 Å². The molecule has 1 fully saturated rings. The van der Waals surface area contributed by atoms with Crippen LogP contribution in [0.15, 0.2) is 54.6 Å². The molecule has 35 heavy (non-hydrogen) atoms. The minimum Gasteiger partial charge on any atom is -0.469 e. The van der Waals surface area contributed by atoms with Crippen molar-refractivity contribution in [3.63, 3.8) is 0 Å². The van der Waals surface area contributed by atoms with Gasteiger partial charge >= 0.3 is 12.1 Å². The van der Waals surface area contributed by atoms with E-state index in [-0.39, 0.29) is 43.1 Å². The topological polar surface area (TPSA) is 154 Å². The maximum absolute atomic E-state index is 12.1. The fourth-order valence-corrected chi connectivity index (χ4v) is 3.47. The quantitative estimate of drug-likeness (QED) is 0.328. The number of hydrogen-bond acceptors (Lipinski definition) is 8. The molecule has 0 atom stereocenters. The third-order valence-corrected chi connectivity index (χ3v) is 5.35. The summed E-state index contributed by atoms with van der Waals surface area (Å²) in [4.78, 5) is 45.8. The van der Waals surface area contributed by atoms with Crippen LogP contribution in [0.3, 0.4) is 0 Å². The van der Waals surface area contributed by atoms with Gasteiger partial charge in [0.2, 0.25) is 5.91 Å². The number of methoxy groups -OCH3 is 1. The van der Waals surface area contributed by atoms with Crippen molar-refractivity contribution in [1.82, 2.24) is 5.32 Å². The summed E-state index contributed by atoms with van der Waals surface area (Å²) in [7, 11) is 1.31. The molecule has 1 aliphatic heterocycles. The van der Waals surface area contributed by atoms with Gasteiger partial charge in [-0.15, -0.1) is 0 Å². The number of hydrogen-bond donors (Lipinski definition) is 2. The molecule has 0 aromatic heterocycles. The highest BCUT2D eigenvalue weighted by atomic mass is 16.6. The molecular formula is C24H30N4O7. The van der Waals surface area contributed by atoms with Crippen LogP contribution in [0.2, 0.25) is 0 Å². The zero-order valence-corrected chi connectivity index (χ0v) is 19.6. The molecule has 2 aromatic rings. The number of anilines is 1. The Kier molecular flexibility index (Phi) is 11.0. The van der Waals surface area contributed by atoms with Crippen molar-refractivity contribution in [2.45, 2.75) is 25.9 Å². The first-order valence-corrected chi connectivity index (χ1v) is 11.1. The Bertz CT molecular complexity index is 992. The van der Waals surface area contributed by atoms with Gasteiger partial charge in [-0.25, -0.2) is 4.79 Å². The van der Waals surface area contributed by atoms with Gasteiger partial charge in [0, 0.05) is 43.4 Å². The molecule has 0 bridgehead atoms. The molecule has 3 N–H and O–H groups in total. The van der Waals surface area contributed by atoms with Crippen molar-refractivity contribution in [3.05, 3.63) is 70.3 Å². The first kappa shape index (κ1) is 27.1. The number of carbonyl (C=O) groups excluding carboxylic acids is 3. The van der Waals surface area contributed by atoms with Gasteiger partial charge in [-0.3, -0.25) is 19.7 Å². The van der Waals surface area contributed by atoms with Crippen LogP contribution < -0.4 is 16.0 Å². The van der Waals surface area contributed by atoms with Gasteiger partial charge in [-0.1, -0.05) is 36.4 Å². The van der Waals surface area contributed by atoms with E-state index in [2.05, 4.69) is 14.8 Å². The highest BCUT2D eigenvalue weighted by Crippen LogP contribution is 2.26. The van der Waals surface area contributed by atoms with Crippen molar-refractivity contribution in [2.75, 3.05) is 31.6 Å². The molecule has 0 radical (unpaired) electrons. The number of amides is 2. The predicted molar refractivity (Wildman–Crippen MR) is 128 cm³/mol. The van der Waals surface area contributed by atoms with Crippen LogP contribution >= 0.6 is 0 Å². The van der Waals surface area contributed by atoms with Gasteiger partial charge in [0.1, 0.15) is 6.61 Å². The van der Waals surface area contributed by atoms with Crippen molar-refractivity contribution >= 4 is 29.3 Å². The fourth-order valence-electron chi connectivity index (χ4n) is 3.47. The largest absolute Gasteiger partial charge is 0.469 e. The van der Waals surface area contributed by atoms with Gasteiger partial charge in [-0.2, -0.15) is 0 Å². The first-order chi connectivity index (χ1) is 16.8. The van der Waals surface area contributed by atoms with Crippen LogP contribution in [-0.2, 0) is 25.7 Å². The highest BCUT2D eigenvalue weighted by molar-refractivity contribution is 5.79. The molecular weight excluding hydrogens is 456 g/mol. The number of nitro groups is 1. The van der Waals surface area contributed by atoms with Crippen molar-refractivity contribution in [3.8, 4) is 0 Å². The van der Waals surface area contributed by atoms with Crippen LogP contribution in [0.4, 0.5) is 16.2 Å². The average molecular weight is 487 g/mol. The maximum Gasteiger partial charge on any atom is 0.404 e. The number of nitrogens with zero attached hydrogens (tertiary/aromatic N) is 2. The number of esters is 1. The summed E-state index contributed by atoms with van der Waals surface area (Å²) in [6.45, 7) is 1.85. The van der Waals surface area contributed by atoms with E-state index in [1.165, 1.54) is 13.2 Å². The highest BCUT2D eigenvalue weighted by Gasteiger charge is 2.25. The number of carbonyl (C=O) groups is 3. The van der Waals surface area contributed by atoms with Crippen LogP contribution in [-0.4, -0.2) is 49.6 Å². The van der Waals surface area contributed by atoms with E-state index >= 15 is 0 Å². The first-order valence-electron chi connectivity index (χ1n) is 11.1. The minimum atomic E-state index is -0.742. The molecule has 11 nitrogen and oxygen atoms in total. The van der Waals surface area contributed by atoms with Gasteiger partial charge in [-0.05, 0) is 24.5 Å². The van der Waals surface area contributed by atoms with Gasteiger partial charge in [0.25, 0.3) is 5.69 Å². The van der Waals surface area contributed by atoms with E-state index < -0.39 is 11.0 Å². The van der Waals surface area contributed by atoms with E-state index in [0.29, 0.717) is 25.9 Å². The van der Waals surface area contributed by atoms with Crippen molar-refractivity contribution < 1.29 is 28.8 Å². The number of ether oxygens (including phenoxy) is 2. The lowest BCUT2D eigenvalue weighted by Crippen LogP contribution is -2.41. The van der Waals surface area contributed by atoms with E-state index in [1.54, 1.807) is 12.1 Å². The Morgan fingerprint density at radius 2 is 1.80 bits per heavy atom. The molecule has 1 heterocycles. The summed E-state index contributed by atoms with van der Waals surface area (Å²) in [6, 6.07) is 15.9. The molecule has 3 rings (SSSR count). The van der Waals surface area contributed by atoms with Gasteiger partial charge in [0.05, 0.1) is 18.5 Å². The lowest BCUT2D eigenvalue weighted by molar-refractivity contribution is -0.384. The summed E-state index contributed by atoms with van der Waals surface area (Å²) < 4.78 is 9.09. The summed E-state index contributed by atoms with van der Waals surface area (Å²) in [6.07, 6.45) is 0.766. The third kappa shape index (κ3) is 9.70. The zero-order valence-electron chi connectivity index (χ0n) is 19.6. The average Bonchev–Trinajstić information content (AvgIpc) is 2.88. The van der Waals surface area contributed by atoms with E-state index in [4.69, 9.17) is 5.73 Å². The van der Waals surface area contributed by atoms with E-state index in [0.717, 1.165) is 11.3 Å². The second kappa shape index (κ2) is 14.2. The lowest BCUT2D eigenvalue weighted by atomic mass is 9.95. The number of nitrogens with one attached hydrogen (secondary N) is 1. The van der Waals surface area contributed by atoms with Crippen LogP contribution in [0, 0.1) is 16.0 Å². The number of benzene rings is 2. The molecule has 11 heteroatoms. The van der Waals surface area contributed by atoms with Gasteiger partial charge in [0.15, 0.2) is 0 Å². The predicted octanol–water partition coefficient (Wildman–Crippen LogP) is 2.77. The van der Waals surface area contributed by atoms with Crippen LogP contribution in [0.5, 0.6) is 0 Å². The lowest BCUT2D eigenvalue weighted by Gasteiger charge is -2.32. The third-order valence-electron chi connectivity index (χ3n) is 5.35. The zero-order chi connectivity index (χ0) is 25.6. The Labute approximate surface area is 203 Å². The minimum absolute atomic E-state index is 0.0578. The second-order valence-electron chi connectivity index (χ2n) is 7.75. The number of non-ortho nitro benzene ring substituents is 1. The molecule has 1 aliphatic rings. The molecule has 188 valence electrons. The molecule has 2 amide bonds. The second-order valence-corrected chi connectivity index (χ2v) is 7.75. The molecule has 0 spiro atoms. The normalized spacial score (nSPS) is 13.1. The SMILES string of the molecule is COC(=O)CCNC(=O)C1CCN(c2cccc([N+](=O)[O-])c2)CC1.NC(=O)OCc1ccccc1. The maximum atomic E-state index is 12.1. The number of piperidine rings is 1. The van der Waals surface area contributed by atoms with Crippen molar-refractivity contribution in [1.29, 1.82) is 0 Å². The summed E-state index contributed by atoms with van der Waals surface area (Å²) in [5.41, 5.74) is 6.58. The Balaban J connectivity index is 0.000000328. The fraction of sp³-hybridized carbons (Fsp3) is 0.375. The Hall–Kier alpha value is -4.15. The Morgan fingerprint density at radius 1 is 1.11 bits per heavy atom. The smallest absolute Gasteiger partial charge is 0.404 e. The molecule has 0 unspecified atom stereocenters. The van der Waals surface area contributed by atoms with E-state index in [1.807, 2.05) is 41.3 Å². The van der Waals surface area contributed by atoms with Crippen LogP contribution in [0.25, 0.3) is 0 Å². The molecule has 0 saturated carbocycles. The molecule has 2 aromatic carbocycles.